The van der Waals surface area contributed by atoms with Crippen LogP contribution < -0.4 is 5.84 Å². The van der Waals surface area contributed by atoms with Crippen molar-refractivity contribution in [1.29, 1.82) is 5.26 Å². The van der Waals surface area contributed by atoms with Gasteiger partial charge >= 0.3 is 0 Å². The van der Waals surface area contributed by atoms with E-state index < -0.39 is 5.54 Å². The largest absolute Gasteiger partial charge is 0.294 e. The molecule has 1 rings (SSSR count). The lowest BCUT2D eigenvalue weighted by Crippen LogP contribution is -2.46. The smallest absolute Gasteiger partial charge is 0.195 e. The molecule has 0 aliphatic rings. The maximum atomic E-state index is 11.9. The zero-order valence-corrected chi connectivity index (χ0v) is 9.47. The lowest BCUT2D eigenvalue weighted by molar-refractivity contribution is 0.0888. The van der Waals surface area contributed by atoms with Crippen LogP contribution in [0.3, 0.4) is 0 Å². The second kappa shape index (κ2) is 4.77. The second-order valence-corrected chi connectivity index (χ2v) is 4.25. The third-order valence-corrected chi connectivity index (χ3v) is 2.45. The van der Waals surface area contributed by atoms with Gasteiger partial charge in [0.15, 0.2) is 12.0 Å². The fourth-order valence-electron chi connectivity index (χ4n) is 1.34. The Kier molecular flexibility index (Phi) is 3.64. The summed E-state index contributed by atoms with van der Waals surface area (Å²) in [5.74, 6) is 5.48. The van der Waals surface area contributed by atoms with Gasteiger partial charge in [0.25, 0.3) is 0 Å². The lowest BCUT2D eigenvalue weighted by atomic mass is 9.94. The number of carbonyl (C=O) groups excluding carboxylic acids is 1. The van der Waals surface area contributed by atoms with Gasteiger partial charge in [0, 0.05) is 12.0 Å². The first-order valence-corrected chi connectivity index (χ1v) is 5.00. The highest BCUT2D eigenvalue weighted by Gasteiger charge is 2.27. The van der Waals surface area contributed by atoms with Crippen LogP contribution in [-0.2, 0) is 0 Å². The Morgan fingerprint density at radius 1 is 1.44 bits per heavy atom. The molecule has 2 N–H and O–H groups in total. The molecular formula is C12H15N3O. The molecule has 16 heavy (non-hydrogen) atoms. The van der Waals surface area contributed by atoms with Gasteiger partial charge in [-0.3, -0.25) is 4.79 Å². The molecular weight excluding hydrogens is 202 g/mol. The number of nitrogens with zero attached hydrogens (tertiary/aromatic N) is 2. The normalized spacial score (nSPS) is 10.6. The maximum absolute atomic E-state index is 11.9. The van der Waals surface area contributed by atoms with Gasteiger partial charge in [0.05, 0.1) is 5.54 Å². The quantitative estimate of drug-likeness (QED) is 0.274. The predicted octanol–water partition coefficient (Wildman–Crippen LogP) is 1.69. The first kappa shape index (κ1) is 12.2. The van der Waals surface area contributed by atoms with Crippen LogP contribution >= 0.6 is 0 Å². The van der Waals surface area contributed by atoms with Gasteiger partial charge in [0.2, 0.25) is 0 Å². The highest BCUT2D eigenvalue weighted by Crippen LogP contribution is 2.18. The summed E-state index contributed by atoms with van der Waals surface area (Å²) in [5.41, 5.74) is -0.0243. The highest BCUT2D eigenvalue weighted by molar-refractivity contribution is 5.96. The molecule has 0 aliphatic heterocycles. The molecule has 4 nitrogen and oxygen atoms in total. The summed E-state index contributed by atoms with van der Waals surface area (Å²) in [7, 11) is 0. The van der Waals surface area contributed by atoms with Crippen molar-refractivity contribution in [2.24, 2.45) is 5.84 Å². The molecule has 0 aliphatic carbocycles. The SMILES string of the molecule is CC(C)(CC(=O)c1ccccc1)N(N)C#N. The Labute approximate surface area is 95.2 Å². The van der Waals surface area contributed by atoms with Gasteiger partial charge in [-0.15, -0.1) is 0 Å². The zero-order valence-electron chi connectivity index (χ0n) is 9.47. The van der Waals surface area contributed by atoms with Crippen molar-refractivity contribution >= 4 is 5.78 Å². The Morgan fingerprint density at radius 3 is 2.50 bits per heavy atom. The van der Waals surface area contributed by atoms with Crippen LogP contribution in [0.15, 0.2) is 30.3 Å². The van der Waals surface area contributed by atoms with Crippen LogP contribution in [0.4, 0.5) is 0 Å². The summed E-state index contributed by atoms with van der Waals surface area (Å²) in [6.07, 6.45) is 2.03. The van der Waals surface area contributed by atoms with Crippen LogP contribution in [0, 0.1) is 11.5 Å². The van der Waals surface area contributed by atoms with E-state index in [1.54, 1.807) is 26.0 Å². The van der Waals surface area contributed by atoms with E-state index in [2.05, 4.69) is 0 Å². The summed E-state index contributed by atoms with van der Waals surface area (Å²) < 4.78 is 0. The van der Waals surface area contributed by atoms with Gasteiger partial charge in [0.1, 0.15) is 0 Å². The van der Waals surface area contributed by atoms with Crippen molar-refractivity contribution in [3.8, 4) is 6.19 Å². The molecule has 84 valence electrons. The number of rotatable bonds is 4. The first-order valence-electron chi connectivity index (χ1n) is 5.00. The molecule has 4 heteroatoms. The Bertz CT molecular complexity index is 406. The molecule has 0 saturated carbocycles. The van der Waals surface area contributed by atoms with Crippen LogP contribution in [-0.4, -0.2) is 16.3 Å². The van der Waals surface area contributed by atoms with Crippen molar-refractivity contribution in [2.45, 2.75) is 25.8 Å². The van der Waals surface area contributed by atoms with Crippen molar-refractivity contribution in [3.05, 3.63) is 35.9 Å². The number of hydrogen-bond donors (Lipinski definition) is 1. The molecule has 0 bridgehead atoms. The highest BCUT2D eigenvalue weighted by atomic mass is 16.1. The Morgan fingerprint density at radius 2 is 2.00 bits per heavy atom. The van der Waals surface area contributed by atoms with E-state index >= 15 is 0 Å². The third-order valence-electron chi connectivity index (χ3n) is 2.45. The van der Waals surface area contributed by atoms with Gasteiger partial charge < -0.3 is 0 Å². The van der Waals surface area contributed by atoms with E-state index in [0.29, 0.717) is 5.56 Å². The van der Waals surface area contributed by atoms with E-state index in [-0.39, 0.29) is 12.2 Å². The number of nitrogens with two attached hydrogens (primary N) is 1. The fraction of sp³-hybridized carbons (Fsp3) is 0.333. The number of Topliss-reactive ketones (excluding diaryl/α,β-unsaturated/α-hetero) is 1. The number of hydrogen-bond acceptors (Lipinski definition) is 4. The molecule has 0 fully saturated rings. The number of carbonyl (C=O) groups is 1. The summed E-state index contributed by atoms with van der Waals surface area (Å²) in [6, 6.07) is 8.99. The van der Waals surface area contributed by atoms with Crippen molar-refractivity contribution in [2.75, 3.05) is 0 Å². The summed E-state index contributed by atoms with van der Waals surface area (Å²) in [5, 5.41) is 9.70. The topological polar surface area (TPSA) is 70.1 Å². The molecule has 0 radical (unpaired) electrons. The van der Waals surface area contributed by atoms with Gasteiger partial charge in [-0.1, -0.05) is 30.3 Å². The first-order chi connectivity index (χ1) is 7.47. The molecule has 0 unspecified atom stereocenters. The van der Waals surface area contributed by atoms with Gasteiger partial charge in [-0.2, -0.15) is 5.26 Å². The molecule has 0 saturated heterocycles. The van der Waals surface area contributed by atoms with Gasteiger partial charge in [-0.25, -0.2) is 10.9 Å². The minimum atomic E-state index is -0.665. The number of hydrazine groups is 1. The summed E-state index contributed by atoms with van der Waals surface area (Å²) in [6.45, 7) is 3.52. The molecule has 1 aromatic carbocycles. The Balaban J connectivity index is 2.77. The predicted molar refractivity (Wildman–Crippen MR) is 61.1 cm³/mol. The summed E-state index contributed by atoms with van der Waals surface area (Å²) in [4.78, 5) is 11.9. The van der Waals surface area contributed by atoms with Crippen molar-refractivity contribution < 1.29 is 4.79 Å². The minimum absolute atomic E-state index is 0.0173. The third kappa shape index (κ3) is 2.81. The van der Waals surface area contributed by atoms with E-state index in [4.69, 9.17) is 11.1 Å². The van der Waals surface area contributed by atoms with E-state index in [0.717, 1.165) is 5.01 Å². The maximum Gasteiger partial charge on any atom is 0.195 e. The van der Waals surface area contributed by atoms with Crippen LogP contribution in [0.5, 0.6) is 0 Å². The molecule has 0 heterocycles. The average Bonchev–Trinajstić information content (AvgIpc) is 2.28. The molecule has 0 aromatic heterocycles. The van der Waals surface area contributed by atoms with Crippen LogP contribution in [0.25, 0.3) is 0 Å². The van der Waals surface area contributed by atoms with E-state index in [9.17, 15) is 4.79 Å². The van der Waals surface area contributed by atoms with Crippen LogP contribution in [0.2, 0.25) is 0 Å². The molecule has 0 spiro atoms. The molecule has 1 aromatic rings. The van der Waals surface area contributed by atoms with Gasteiger partial charge in [-0.05, 0) is 13.8 Å². The zero-order chi connectivity index (χ0) is 12.2. The fourth-order valence-corrected chi connectivity index (χ4v) is 1.34. The van der Waals surface area contributed by atoms with Crippen molar-refractivity contribution in [1.82, 2.24) is 5.01 Å². The number of benzene rings is 1. The lowest BCUT2D eigenvalue weighted by Gasteiger charge is -2.29. The summed E-state index contributed by atoms with van der Waals surface area (Å²) >= 11 is 0. The second-order valence-electron chi connectivity index (χ2n) is 4.25. The minimum Gasteiger partial charge on any atom is -0.294 e. The van der Waals surface area contributed by atoms with E-state index in [1.807, 2.05) is 24.4 Å². The molecule has 0 amide bonds. The van der Waals surface area contributed by atoms with Crippen molar-refractivity contribution in [3.63, 3.8) is 0 Å². The Hall–Kier alpha value is -1.86. The molecule has 0 atom stereocenters. The average molecular weight is 217 g/mol. The van der Waals surface area contributed by atoms with E-state index in [1.165, 1.54) is 0 Å². The number of ketones is 1. The van der Waals surface area contributed by atoms with Crippen LogP contribution in [0.1, 0.15) is 30.6 Å². The monoisotopic (exact) mass is 217 g/mol. The standard InChI is InChI=1S/C12H15N3O/c1-12(2,15(14)9-13)8-11(16)10-6-4-3-5-7-10/h3-7H,8,14H2,1-2H3. The number of nitriles is 1.